The summed E-state index contributed by atoms with van der Waals surface area (Å²) in [6.07, 6.45) is 1.89. The minimum atomic E-state index is -0.703. The average Bonchev–Trinajstić information content (AvgIpc) is 2.78. The molecule has 0 atom stereocenters. The lowest BCUT2D eigenvalue weighted by atomic mass is 10.0. The zero-order chi connectivity index (χ0) is 15.5. The molecule has 2 aromatic rings. The van der Waals surface area contributed by atoms with Crippen molar-refractivity contribution in [1.82, 2.24) is 9.55 Å². The maximum Gasteiger partial charge on any atom is 0.513 e. The van der Waals surface area contributed by atoms with E-state index in [0.717, 1.165) is 24.0 Å². The zero-order valence-corrected chi connectivity index (χ0v) is 12.6. The number of aryl methyl sites for hydroxylation is 1. The molecule has 1 heterocycles. The predicted molar refractivity (Wildman–Crippen MR) is 80.3 cm³/mol. The van der Waals surface area contributed by atoms with Crippen molar-refractivity contribution in [3.05, 3.63) is 24.5 Å². The van der Waals surface area contributed by atoms with Crippen LogP contribution in [-0.2, 0) is 11.3 Å². The number of ether oxygens (including phenoxy) is 2. The summed E-state index contributed by atoms with van der Waals surface area (Å²) in [6.45, 7) is 6.74. The molecule has 21 heavy (non-hydrogen) atoms. The van der Waals surface area contributed by atoms with E-state index in [0.29, 0.717) is 5.75 Å². The summed E-state index contributed by atoms with van der Waals surface area (Å²) in [6, 6.07) is 5.29. The molecule has 6 nitrogen and oxygen atoms in total. The molecule has 1 aromatic carbocycles. The number of hydrogen-bond acceptors (Lipinski definition) is 5. The second-order valence-electron chi connectivity index (χ2n) is 5.61. The summed E-state index contributed by atoms with van der Waals surface area (Å²) in [5.74, 6) is 0.440. The topological polar surface area (TPSA) is 79.4 Å². The molecule has 0 saturated heterocycles. The number of rotatable bonds is 5. The van der Waals surface area contributed by atoms with Gasteiger partial charge in [-0.2, -0.15) is 0 Å². The van der Waals surface area contributed by atoms with Crippen LogP contribution < -0.4 is 10.5 Å². The lowest BCUT2D eigenvalue weighted by molar-refractivity contribution is 0.104. The second-order valence-corrected chi connectivity index (χ2v) is 5.61. The fourth-order valence-electron chi connectivity index (χ4n) is 1.93. The number of carbonyl (C=O) groups excluding carboxylic acids is 1. The van der Waals surface area contributed by atoms with Gasteiger partial charge in [0, 0.05) is 18.2 Å². The van der Waals surface area contributed by atoms with Gasteiger partial charge in [0.2, 0.25) is 0 Å². The van der Waals surface area contributed by atoms with Crippen molar-refractivity contribution in [2.45, 2.75) is 39.3 Å². The smallest absolute Gasteiger partial charge is 0.434 e. The van der Waals surface area contributed by atoms with Crippen molar-refractivity contribution in [2.24, 2.45) is 5.73 Å². The quantitative estimate of drug-likeness (QED) is 0.676. The highest BCUT2D eigenvalue weighted by atomic mass is 16.7. The van der Waals surface area contributed by atoms with Gasteiger partial charge in [0.15, 0.2) is 0 Å². The third kappa shape index (κ3) is 4.19. The van der Waals surface area contributed by atoms with Gasteiger partial charge in [-0.1, -0.05) is 0 Å². The van der Waals surface area contributed by atoms with E-state index in [4.69, 9.17) is 15.2 Å². The highest BCUT2D eigenvalue weighted by Gasteiger charge is 2.13. The van der Waals surface area contributed by atoms with Crippen LogP contribution in [0.3, 0.4) is 0 Å². The number of hydrogen-bond donors (Lipinski definition) is 1. The molecule has 0 spiro atoms. The summed E-state index contributed by atoms with van der Waals surface area (Å²) in [4.78, 5) is 15.7. The Hall–Kier alpha value is -2.08. The second kappa shape index (κ2) is 6.13. The van der Waals surface area contributed by atoms with E-state index in [-0.39, 0.29) is 12.1 Å². The fourth-order valence-corrected chi connectivity index (χ4v) is 1.93. The molecule has 6 heteroatoms. The number of nitrogens with zero attached hydrogens (tertiary/aromatic N) is 2. The Morgan fingerprint density at radius 1 is 1.43 bits per heavy atom. The standard InChI is InChI=1S/C15H21N3O3/c1-4-20-14(19)21-11-5-6-12-13(9-11)18(10-17-12)8-7-15(2,3)16/h5-6,9-10H,4,7-8,16H2,1-3H3. The lowest BCUT2D eigenvalue weighted by Crippen LogP contribution is -2.33. The molecule has 0 aliphatic carbocycles. The monoisotopic (exact) mass is 291 g/mol. The third-order valence-corrected chi connectivity index (χ3v) is 3.05. The molecule has 0 aliphatic rings. The summed E-state index contributed by atoms with van der Waals surface area (Å²) in [5.41, 5.74) is 7.52. The molecule has 1 aromatic heterocycles. The number of fused-ring (bicyclic) bond motifs is 1. The molecule has 0 bridgehead atoms. The molecule has 0 aliphatic heterocycles. The molecule has 0 fully saturated rings. The fraction of sp³-hybridized carbons (Fsp3) is 0.467. The maximum absolute atomic E-state index is 11.3. The average molecular weight is 291 g/mol. The maximum atomic E-state index is 11.3. The van der Waals surface area contributed by atoms with Crippen molar-refractivity contribution < 1.29 is 14.3 Å². The Morgan fingerprint density at radius 3 is 2.86 bits per heavy atom. The molecule has 114 valence electrons. The minimum absolute atomic E-state index is 0.240. The van der Waals surface area contributed by atoms with Gasteiger partial charge in [-0.3, -0.25) is 0 Å². The van der Waals surface area contributed by atoms with Crippen molar-refractivity contribution in [3.8, 4) is 5.75 Å². The third-order valence-electron chi connectivity index (χ3n) is 3.05. The predicted octanol–water partition coefficient (Wildman–Crippen LogP) is 2.70. The number of nitrogens with two attached hydrogens (primary N) is 1. The Kier molecular flexibility index (Phi) is 4.47. The Bertz CT molecular complexity index is 629. The van der Waals surface area contributed by atoms with Gasteiger partial charge >= 0.3 is 6.16 Å². The summed E-state index contributed by atoms with van der Waals surface area (Å²) in [5, 5.41) is 0. The van der Waals surface area contributed by atoms with E-state index in [1.54, 1.807) is 25.4 Å². The van der Waals surface area contributed by atoms with Gasteiger partial charge in [0.05, 0.1) is 24.0 Å². The van der Waals surface area contributed by atoms with Crippen LogP contribution in [-0.4, -0.2) is 27.9 Å². The molecule has 0 saturated carbocycles. The van der Waals surface area contributed by atoms with Crippen LogP contribution in [0.2, 0.25) is 0 Å². The number of imidazole rings is 1. The molecular weight excluding hydrogens is 270 g/mol. The van der Waals surface area contributed by atoms with E-state index < -0.39 is 6.16 Å². The Morgan fingerprint density at radius 2 is 2.19 bits per heavy atom. The molecule has 2 N–H and O–H groups in total. The van der Waals surface area contributed by atoms with Crippen LogP contribution >= 0.6 is 0 Å². The first kappa shape index (κ1) is 15.3. The van der Waals surface area contributed by atoms with E-state index in [9.17, 15) is 4.79 Å². The van der Waals surface area contributed by atoms with Crippen LogP contribution in [0.1, 0.15) is 27.2 Å². The van der Waals surface area contributed by atoms with Crippen LogP contribution in [0.4, 0.5) is 4.79 Å². The van der Waals surface area contributed by atoms with Crippen molar-refractivity contribution in [1.29, 1.82) is 0 Å². The van der Waals surface area contributed by atoms with Crippen molar-refractivity contribution in [2.75, 3.05) is 6.61 Å². The summed E-state index contributed by atoms with van der Waals surface area (Å²) in [7, 11) is 0. The molecule has 0 unspecified atom stereocenters. The van der Waals surface area contributed by atoms with Crippen LogP contribution in [0.5, 0.6) is 5.75 Å². The molecule has 0 radical (unpaired) electrons. The first-order valence-corrected chi connectivity index (χ1v) is 6.97. The molecule has 0 amide bonds. The highest BCUT2D eigenvalue weighted by Crippen LogP contribution is 2.21. The van der Waals surface area contributed by atoms with E-state index in [1.165, 1.54) is 0 Å². The first-order valence-electron chi connectivity index (χ1n) is 6.97. The van der Waals surface area contributed by atoms with Gasteiger partial charge < -0.3 is 19.8 Å². The van der Waals surface area contributed by atoms with Crippen LogP contribution in [0.15, 0.2) is 24.5 Å². The van der Waals surface area contributed by atoms with E-state index in [1.807, 2.05) is 24.5 Å². The van der Waals surface area contributed by atoms with Gasteiger partial charge in [-0.05, 0) is 39.3 Å². The Labute approximate surface area is 123 Å². The van der Waals surface area contributed by atoms with Crippen molar-refractivity contribution >= 4 is 17.2 Å². The zero-order valence-electron chi connectivity index (χ0n) is 12.6. The highest BCUT2D eigenvalue weighted by molar-refractivity contribution is 5.78. The normalized spacial score (nSPS) is 11.6. The van der Waals surface area contributed by atoms with E-state index >= 15 is 0 Å². The van der Waals surface area contributed by atoms with Gasteiger partial charge in [-0.25, -0.2) is 9.78 Å². The van der Waals surface area contributed by atoms with Crippen molar-refractivity contribution in [3.63, 3.8) is 0 Å². The minimum Gasteiger partial charge on any atom is -0.434 e. The Balaban J connectivity index is 2.18. The van der Waals surface area contributed by atoms with Crippen LogP contribution in [0.25, 0.3) is 11.0 Å². The molecular formula is C15H21N3O3. The number of carbonyl (C=O) groups is 1. The largest absolute Gasteiger partial charge is 0.513 e. The number of aromatic nitrogens is 2. The number of benzene rings is 1. The summed E-state index contributed by atoms with van der Waals surface area (Å²) < 4.78 is 11.9. The van der Waals surface area contributed by atoms with Gasteiger partial charge in [0.25, 0.3) is 0 Å². The SMILES string of the molecule is CCOC(=O)Oc1ccc2ncn(CCC(C)(C)N)c2c1. The lowest BCUT2D eigenvalue weighted by Gasteiger charge is -2.18. The van der Waals surface area contributed by atoms with E-state index in [2.05, 4.69) is 4.98 Å². The summed E-state index contributed by atoms with van der Waals surface area (Å²) >= 11 is 0. The van der Waals surface area contributed by atoms with Crippen LogP contribution in [0, 0.1) is 0 Å². The van der Waals surface area contributed by atoms with Gasteiger partial charge in [-0.15, -0.1) is 0 Å². The first-order chi connectivity index (χ1) is 9.89. The van der Waals surface area contributed by atoms with Gasteiger partial charge in [0.1, 0.15) is 5.75 Å². The molecule has 2 rings (SSSR count).